The van der Waals surface area contributed by atoms with Gasteiger partial charge in [0.05, 0.1) is 26.4 Å². The van der Waals surface area contributed by atoms with Crippen LogP contribution in [0.2, 0.25) is 0 Å². The van der Waals surface area contributed by atoms with E-state index in [0.717, 1.165) is 22.0 Å². The zero-order valence-electron chi connectivity index (χ0n) is 25.7. The number of hydroxylamine groups is 2. The van der Waals surface area contributed by atoms with Crippen molar-refractivity contribution >= 4 is 45.2 Å². The predicted octanol–water partition coefficient (Wildman–Crippen LogP) is 5.76. The fourth-order valence-electron chi connectivity index (χ4n) is 5.13. The third kappa shape index (κ3) is 7.88. The topological polar surface area (TPSA) is 157 Å². The number of pyridine rings is 1. The van der Waals surface area contributed by atoms with Gasteiger partial charge in [0, 0.05) is 30.4 Å². The van der Waals surface area contributed by atoms with Gasteiger partial charge in [-0.05, 0) is 54.8 Å². The van der Waals surface area contributed by atoms with Crippen molar-refractivity contribution in [1.82, 2.24) is 24.8 Å². The van der Waals surface area contributed by atoms with E-state index in [4.69, 9.17) is 19.8 Å². The lowest BCUT2D eigenvalue weighted by Gasteiger charge is -2.31. The summed E-state index contributed by atoms with van der Waals surface area (Å²) >= 11 is 1.06. The second-order valence-corrected chi connectivity index (χ2v) is 11.9. The van der Waals surface area contributed by atoms with Crippen molar-refractivity contribution in [1.29, 1.82) is 5.26 Å². The minimum atomic E-state index is -5.11. The number of nitrogens with one attached hydrogen (secondary N) is 2. The maximum atomic E-state index is 12.8. The average Bonchev–Trinajstić information content (AvgIpc) is 3.69. The number of piperidine rings is 1. The molecule has 4 heterocycles. The van der Waals surface area contributed by atoms with Crippen LogP contribution in [0.5, 0.6) is 17.2 Å². The molecule has 0 bridgehead atoms. The van der Waals surface area contributed by atoms with Gasteiger partial charge in [0.2, 0.25) is 0 Å². The number of halogens is 3. The lowest BCUT2D eigenvalue weighted by atomic mass is 10.1. The summed E-state index contributed by atoms with van der Waals surface area (Å²) < 4.78 is 51.7. The predicted molar refractivity (Wildman–Crippen MR) is 171 cm³/mol. The summed E-state index contributed by atoms with van der Waals surface area (Å²) in [6, 6.07) is 17.0. The molecule has 49 heavy (non-hydrogen) atoms. The SMILES string of the molecule is COc1ccc(Cn2nc(N[C@@H]3CCCN(OC(=O)C(F)(F)F)C3)c3c(Oc4ccc(C(=O)Nc5ncc(C#N)s5)cc4)ccnc32)cc1. The maximum Gasteiger partial charge on any atom is 0.492 e. The van der Waals surface area contributed by atoms with E-state index in [1.165, 1.54) is 6.20 Å². The quantitative estimate of drug-likeness (QED) is 0.184. The lowest BCUT2D eigenvalue weighted by molar-refractivity contribution is -0.241. The number of carbonyl (C=O) groups excluding carboxylic acids is 2. The molecule has 17 heteroatoms. The Kier molecular flexibility index (Phi) is 9.60. The van der Waals surface area contributed by atoms with Gasteiger partial charge in [-0.3, -0.25) is 10.1 Å². The summed E-state index contributed by atoms with van der Waals surface area (Å²) in [5, 5.41) is 21.5. The van der Waals surface area contributed by atoms with E-state index in [-0.39, 0.29) is 13.1 Å². The molecule has 1 atom stereocenters. The zero-order chi connectivity index (χ0) is 34.5. The first-order valence-corrected chi connectivity index (χ1v) is 15.7. The Bertz CT molecular complexity index is 2010. The van der Waals surface area contributed by atoms with Crippen molar-refractivity contribution in [2.45, 2.75) is 31.6 Å². The van der Waals surface area contributed by atoms with E-state index in [2.05, 4.69) is 25.4 Å². The molecule has 1 saturated heterocycles. The van der Waals surface area contributed by atoms with Crippen molar-refractivity contribution in [3.05, 3.63) is 83.0 Å². The number of fused-ring (bicyclic) bond motifs is 1. The second-order valence-electron chi connectivity index (χ2n) is 10.8. The number of nitrogens with zero attached hydrogens (tertiary/aromatic N) is 6. The highest BCUT2D eigenvalue weighted by molar-refractivity contribution is 7.16. The number of nitriles is 1. The number of aromatic nitrogens is 4. The Hall–Kier alpha value is -5.73. The first-order valence-electron chi connectivity index (χ1n) is 14.8. The molecule has 0 spiro atoms. The number of ether oxygens (including phenoxy) is 2. The van der Waals surface area contributed by atoms with E-state index >= 15 is 0 Å². The van der Waals surface area contributed by atoms with Gasteiger partial charge in [0.1, 0.15) is 33.6 Å². The standard InChI is InChI=1S/C32H27F3N8O5S/c1-46-22-8-4-19(5-9-22)17-43-28-26(27(41-43)39-21-3-2-14-42(18-21)48-30(45)32(33,34)35)25(12-13-37-28)47-23-10-6-20(7-11-23)29(44)40-31-38-16-24(15-36)49-31/h4-13,16,21H,2-3,14,17-18H2,1H3,(H,39,41)(H,38,40,44)/t21-/m1/s1. The second kappa shape index (κ2) is 14.2. The van der Waals surface area contributed by atoms with Crippen LogP contribution in [0.3, 0.4) is 0 Å². The highest BCUT2D eigenvalue weighted by Crippen LogP contribution is 2.35. The van der Waals surface area contributed by atoms with Crippen molar-refractivity contribution in [3.8, 4) is 23.3 Å². The lowest BCUT2D eigenvalue weighted by Crippen LogP contribution is -2.45. The molecule has 0 aliphatic carbocycles. The molecule has 1 amide bonds. The van der Waals surface area contributed by atoms with Gasteiger partial charge in [-0.2, -0.15) is 23.5 Å². The molecule has 1 fully saturated rings. The smallest absolute Gasteiger partial charge is 0.492 e. The fraction of sp³-hybridized carbons (Fsp3) is 0.250. The van der Waals surface area contributed by atoms with Crippen molar-refractivity contribution in [2.75, 3.05) is 30.8 Å². The molecule has 5 aromatic rings. The molecule has 0 unspecified atom stereocenters. The van der Waals surface area contributed by atoms with Gasteiger partial charge in [-0.1, -0.05) is 23.5 Å². The maximum absolute atomic E-state index is 12.8. The molecule has 6 rings (SSSR count). The molecule has 2 aromatic carbocycles. The van der Waals surface area contributed by atoms with Crippen LogP contribution in [-0.2, 0) is 16.2 Å². The summed E-state index contributed by atoms with van der Waals surface area (Å²) in [6.07, 6.45) is -1.12. The molecule has 0 saturated carbocycles. The molecular formula is C32H27F3N8O5S. The summed E-state index contributed by atoms with van der Waals surface area (Å²) in [4.78, 5) is 37.7. The Morgan fingerprint density at radius 3 is 2.53 bits per heavy atom. The molecule has 0 radical (unpaired) electrons. The number of rotatable bonds is 10. The van der Waals surface area contributed by atoms with E-state index in [1.54, 1.807) is 48.3 Å². The van der Waals surface area contributed by atoms with Gasteiger partial charge in [0.25, 0.3) is 5.91 Å². The molecule has 1 aliphatic rings. The number of anilines is 2. The van der Waals surface area contributed by atoms with Gasteiger partial charge >= 0.3 is 12.1 Å². The molecule has 252 valence electrons. The summed E-state index contributed by atoms with van der Waals surface area (Å²) in [5.74, 6) is -0.835. The third-order valence-electron chi connectivity index (χ3n) is 7.44. The van der Waals surface area contributed by atoms with E-state index in [9.17, 15) is 22.8 Å². The Morgan fingerprint density at radius 2 is 1.84 bits per heavy atom. The monoisotopic (exact) mass is 692 g/mol. The van der Waals surface area contributed by atoms with E-state index in [0.29, 0.717) is 69.1 Å². The van der Waals surface area contributed by atoms with Crippen molar-refractivity contribution < 1.29 is 37.1 Å². The van der Waals surface area contributed by atoms with Gasteiger partial charge in [0.15, 0.2) is 16.6 Å². The largest absolute Gasteiger partial charge is 0.497 e. The number of benzene rings is 2. The van der Waals surface area contributed by atoms with Crippen LogP contribution in [-0.4, -0.2) is 69.1 Å². The number of alkyl halides is 3. The Balaban J connectivity index is 1.26. The first-order chi connectivity index (χ1) is 23.6. The Labute approximate surface area is 280 Å². The van der Waals surface area contributed by atoms with Gasteiger partial charge in [-0.15, -0.1) is 5.06 Å². The van der Waals surface area contributed by atoms with E-state index < -0.39 is 24.1 Å². The molecule has 2 N–H and O–H groups in total. The summed E-state index contributed by atoms with van der Waals surface area (Å²) in [7, 11) is 1.58. The van der Waals surface area contributed by atoms with Crippen molar-refractivity contribution in [3.63, 3.8) is 0 Å². The van der Waals surface area contributed by atoms with Gasteiger partial charge < -0.3 is 19.6 Å². The summed E-state index contributed by atoms with van der Waals surface area (Å²) in [5.41, 5.74) is 1.72. The minimum Gasteiger partial charge on any atom is -0.497 e. The van der Waals surface area contributed by atoms with E-state index in [1.807, 2.05) is 30.3 Å². The van der Waals surface area contributed by atoms with Crippen LogP contribution < -0.4 is 20.1 Å². The zero-order valence-corrected chi connectivity index (χ0v) is 26.5. The van der Waals surface area contributed by atoms with Crippen LogP contribution in [0.4, 0.5) is 24.1 Å². The Morgan fingerprint density at radius 1 is 1.08 bits per heavy atom. The summed E-state index contributed by atoms with van der Waals surface area (Å²) in [6.45, 7) is 0.478. The van der Waals surface area contributed by atoms with Crippen molar-refractivity contribution in [2.24, 2.45) is 0 Å². The number of hydrogen-bond donors (Lipinski definition) is 2. The van der Waals surface area contributed by atoms with Crippen LogP contribution in [0.1, 0.15) is 33.6 Å². The molecule has 3 aromatic heterocycles. The number of thiazole rings is 1. The third-order valence-corrected chi connectivity index (χ3v) is 8.25. The highest BCUT2D eigenvalue weighted by atomic mass is 32.1. The van der Waals surface area contributed by atoms with Crippen LogP contribution in [0, 0.1) is 11.3 Å². The highest BCUT2D eigenvalue weighted by Gasteiger charge is 2.43. The number of carbonyl (C=O) groups is 2. The number of methoxy groups -OCH3 is 1. The minimum absolute atomic E-state index is 0.00650. The van der Waals surface area contributed by atoms with Crippen LogP contribution in [0.15, 0.2) is 67.0 Å². The van der Waals surface area contributed by atoms with Crippen LogP contribution in [0.25, 0.3) is 11.0 Å². The number of amides is 1. The number of hydrogen-bond acceptors (Lipinski definition) is 12. The normalized spacial score (nSPS) is 15.0. The first kappa shape index (κ1) is 33.2. The molecule has 13 nitrogen and oxygen atoms in total. The average molecular weight is 693 g/mol. The molecular weight excluding hydrogens is 665 g/mol. The van der Waals surface area contributed by atoms with Gasteiger partial charge in [-0.25, -0.2) is 19.4 Å². The molecule has 1 aliphatic heterocycles. The fourth-order valence-corrected chi connectivity index (χ4v) is 5.74. The van der Waals surface area contributed by atoms with Crippen LogP contribution >= 0.6 is 11.3 Å².